The van der Waals surface area contributed by atoms with Crippen molar-refractivity contribution in [2.24, 2.45) is 5.84 Å². The summed E-state index contributed by atoms with van der Waals surface area (Å²) in [4.78, 5) is 8.67. The molecule has 0 aromatic carbocycles. The fourth-order valence-electron chi connectivity index (χ4n) is 1.39. The second kappa shape index (κ2) is 7.34. The molecule has 0 aliphatic rings. The quantitative estimate of drug-likeness (QED) is 0.510. The predicted octanol–water partition coefficient (Wildman–Crippen LogP) is 1.88. The second-order valence-electron chi connectivity index (χ2n) is 3.76. The van der Waals surface area contributed by atoms with Gasteiger partial charge < -0.3 is 10.7 Å². The lowest BCUT2D eigenvalue weighted by atomic mass is 10.3. The van der Waals surface area contributed by atoms with Crippen molar-refractivity contribution < 1.29 is 0 Å². The van der Waals surface area contributed by atoms with Gasteiger partial charge >= 0.3 is 0 Å². The molecule has 0 fully saturated rings. The van der Waals surface area contributed by atoms with Gasteiger partial charge in [0.25, 0.3) is 0 Å². The summed E-state index contributed by atoms with van der Waals surface area (Å²) in [5.41, 5.74) is 2.56. The highest BCUT2D eigenvalue weighted by Gasteiger charge is 2.06. The lowest BCUT2D eigenvalue weighted by Gasteiger charge is -2.15. The number of nitrogens with zero attached hydrogens (tertiary/aromatic N) is 2. The maximum absolute atomic E-state index is 5.38. The van der Waals surface area contributed by atoms with Gasteiger partial charge in [-0.25, -0.2) is 15.8 Å². The van der Waals surface area contributed by atoms with Crippen LogP contribution < -0.4 is 16.6 Å². The Balaban J connectivity index is 2.68. The van der Waals surface area contributed by atoms with Crippen LogP contribution in [0.2, 0.25) is 0 Å². The molecule has 1 unspecified atom stereocenters. The molecule has 5 nitrogen and oxygen atoms in total. The number of thioether (sulfide) groups is 1. The molecule has 0 saturated heterocycles. The summed E-state index contributed by atoms with van der Waals surface area (Å²) in [6.45, 7) is 6.33. The van der Waals surface area contributed by atoms with Gasteiger partial charge in [0.2, 0.25) is 0 Å². The van der Waals surface area contributed by atoms with Gasteiger partial charge in [0, 0.05) is 24.3 Å². The number of anilines is 2. The van der Waals surface area contributed by atoms with Crippen molar-refractivity contribution in [1.82, 2.24) is 9.97 Å². The lowest BCUT2D eigenvalue weighted by Crippen LogP contribution is -2.20. The van der Waals surface area contributed by atoms with Crippen LogP contribution in [0.25, 0.3) is 0 Å². The van der Waals surface area contributed by atoms with Crippen LogP contribution in [-0.2, 0) is 6.42 Å². The molecule has 0 amide bonds. The Labute approximate surface area is 107 Å². The van der Waals surface area contributed by atoms with Crippen LogP contribution in [0, 0.1) is 0 Å². The number of nitrogens with two attached hydrogens (primary N) is 1. The van der Waals surface area contributed by atoms with Gasteiger partial charge in [0.1, 0.15) is 17.5 Å². The lowest BCUT2D eigenvalue weighted by molar-refractivity contribution is 0.877. The van der Waals surface area contributed by atoms with Crippen LogP contribution in [0.3, 0.4) is 0 Å². The molecular formula is C11H21N5S. The average molecular weight is 255 g/mol. The van der Waals surface area contributed by atoms with Gasteiger partial charge in [-0.2, -0.15) is 11.8 Å². The molecule has 0 aliphatic heterocycles. The number of nitrogen functional groups attached to an aromatic ring is 1. The van der Waals surface area contributed by atoms with Crippen LogP contribution >= 0.6 is 11.8 Å². The highest BCUT2D eigenvalue weighted by atomic mass is 32.2. The van der Waals surface area contributed by atoms with E-state index in [4.69, 9.17) is 5.84 Å². The zero-order chi connectivity index (χ0) is 12.7. The fraction of sp³-hybridized carbons (Fsp3) is 0.636. The third-order valence-electron chi connectivity index (χ3n) is 2.20. The van der Waals surface area contributed by atoms with Crippen LogP contribution in [0.5, 0.6) is 0 Å². The maximum atomic E-state index is 5.38. The van der Waals surface area contributed by atoms with Crippen molar-refractivity contribution in [2.75, 3.05) is 22.2 Å². The Bertz CT molecular complexity index is 322. The van der Waals surface area contributed by atoms with E-state index in [1.807, 2.05) is 24.8 Å². The van der Waals surface area contributed by atoms with Crippen molar-refractivity contribution in [2.45, 2.75) is 33.2 Å². The molecule has 1 rings (SSSR count). The SMILES string of the molecule is CCSCC(C)Nc1cc(NN)nc(CC)n1. The van der Waals surface area contributed by atoms with E-state index < -0.39 is 0 Å². The third kappa shape index (κ3) is 4.79. The number of hydrogen-bond acceptors (Lipinski definition) is 6. The van der Waals surface area contributed by atoms with Crippen molar-refractivity contribution in [3.05, 3.63) is 11.9 Å². The van der Waals surface area contributed by atoms with E-state index in [0.29, 0.717) is 11.9 Å². The van der Waals surface area contributed by atoms with E-state index in [-0.39, 0.29) is 0 Å². The van der Waals surface area contributed by atoms with Gasteiger partial charge in [-0.05, 0) is 12.7 Å². The summed E-state index contributed by atoms with van der Waals surface area (Å²) in [5.74, 6) is 9.84. The fourth-order valence-corrected chi connectivity index (χ4v) is 2.06. The van der Waals surface area contributed by atoms with Crippen molar-refractivity contribution >= 4 is 23.4 Å². The normalized spacial score (nSPS) is 12.2. The first-order chi connectivity index (χ1) is 8.19. The third-order valence-corrected chi connectivity index (χ3v) is 3.35. The van der Waals surface area contributed by atoms with E-state index in [0.717, 1.165) is 29.6 Å². The number of hydrogen-bond donors (Lipinski definition) is 3. The number of aryl methyl sites for hydroxylation is 1. The van der Waals surface area contributed by atoms with E-state index in [1.165, 1.54) is 0 Å². The predicted molar refractivity (Wildman–Crippen MR) is 75.3 cm³/mol. The number of nitrogens with one attached hydrogen (secondary N) is 2. The zero-order valence-electron chi connectivity index (χ0n) is 10.7. The summed E-state index contributed by atoms with van der Waals surface area (Å²) < 4.78 is 0. The van der Waals surface area contributed by atoms with Crippen LogP contribution in [0.1, 0.15) is 26.6 Å². The van der Waals surface area contributed by atoms with Gasteiger partial charge in [-0.1, -0.05) is 13.8 Å². The number of rotatable bonds is 7. The number of hydrazine groups is 1. The molecule has 0 saturated carbocycles. The molecule has 96 valence electrons. The Hall–Kier alpha value is -1.01. The van der Waals surface area contributed by atoms with E-state index in [9.17, 15) is 0 Å². The minimum absolute atomic E-state index is 0.380. The van der Waals surface area contributed by atoms with E-state index >= 15 is 0 Å². The number of aromatic nitrogens is 2. The van der Waals surface area contributed by atoms with Crippen molar-refractivity contribution in [3.8, 4) is 0 Å². The highest BCUT2D eigenvalue weighted by Crippen LogP contribution is 2.13. The topological polar surface area (TPSA) is 75.9 Å². The van der Waals surface area contributed by atoms with E-state index in [1.54, 1.807) is 0 Å². The molecule has 1 aromatic heterocycles. The highest BCUT2D eigenvalue weighted by molar-refractivity contribution is 7.99. The zero-order valence-corrected chi connectivity index (χ0v) is 11.5. The summed E-state index contributed by atoms with van der Waals surface area (Å²) >= 11 is 1.91. The van der Waals surface area contributed by atoms with Gasteiger partial charge in [0.15, 0.2) is 0 Å². The average Bonchev–Trinajstić information content (AvgIpc) is 2.35. The molecule has 1 aromatic rings. The molecule has 17 heavy (non-hydrogen) atoms. The maximum Gasteiger partial charge on any atom is 0.145 e. The second-order valence-corrected chi connectivity index (χ2v) is 5.08. The van der Waals surface area contributed by atoms with Gasteiger partial charge in [0.05, 0.1) is 0 Å². The summed E-state index contributed by atoms with van der Waals surface area (Å²) in [7, 11) is 0. The van der Waals surface area contributed by atoms with Crippen LogP contribution in [0.15, 0.2) is 6.07 Å². The molecule has 6 heteroatoms. The van der Waals surface area contributed by atoms with Gasteiger partial charge in [-0.15, -0.1) is 0 Å². The Kier molecular flexibility index (Phi) is 6.07. The first-order valence-corrected chi connectivity index (χ1v) is 7.03. The molecule has 0 radical (unpaired) electrons. The standard InChI is InChI=1S/C11H21N5S/c1-4-9-14-10(6-11(15-9)16-12)13-8(3)7-17-5-2/h6,8H,4-5,7,12H2,1-3H3,(H2,13,14,15,16). The minimum Gasteiger partial charge on any atom is -0.367 e. The van der Waals surface area contributed by atoms with Crippen LogP contribution in [0.4, 0.5) is 11.6 Å². The molecule has 0 spiro atoms. The summed E-state index contributed by atoms with van der Waals surface area (Å²) in [6, 6.07) is 2.21. The largest absolute Gasteiger partial charge is 0.367 e. The summed E-state index contributed by atoms with van der Waals surface area (Å²) in [5, 5.41) is 3.36. The molecule has 1 heterocycles. The van der Waals surface area contributed by atoms with Crippen LogP contribution in [-0.4, -0.2) is 27.5 Å². The monoisotopic (exact) mass is 255 g/mol. The Morgan fingerprint density at radius 3 is 2.65 bits per heavy atom. The van der Waals surface area contributed by atoms with E-state index in [2.05, 4.69) is 34.6 Å². The Morgan fingerprint density at radius 1 is 1.35 bits per heavy atom. The smallest absolute Gasteiger partial charge is 0.145 e. The Morgan fingerprint density at radius 2 is 2.06 bits per heavy atom. The molecule has 0 bridgehead atoms. The molecular weight excluding hydrogens is 234 g/mol. The first-order valence-electron chi connectivity index (χ1n) is 5.88. The van der Waals surface area contributed by atoms with Crippen molar-refractivity contribution in [3.63, 3.8) is 0 Å². The van der Waals surface area contributed by atoms with Gasteiger partial charge in [-0.3, -0.25) is 0 Å². The molecule has 1 atom stereocenters. The molecule has 4 N–H and O–H groups in total. The minimum atomic E-state index is 0.380. The van der Waals surface area contributed by atoms with Crippen molar-refractivity contribution in [1.29, 1.82) is 0 Å². The molecule has 0 aliphatic carbocycles. The summed E-state index contributed by atoms with van der Waals surface area (Å²) in [6.07, 6.45) is 0.794. The first kappa shape index (κ1) is 14.1.